The number of nitrogens with zero attached hydrogens (tertiary/aromatic N) is 7. The molecule has 0 saturated carbocycles. The fraction of sp³-hybridized carbons (Fsp3) is 0.172. The van der Waals surface area contributed by atoms with Crippen LogP contribution in [-0.4, -0.2) is 68.5 Å². The van der Waals surface area contributed by atoms with Gasteiger partial charge in [0.1, 0.15) is 11.8 Å². The zero-order chi connectivity index (χ0) is 30.0. The van der Waals surface area contributed by atoms with Crippen molar-refractivity contribution >= 4 is 51.0 Å². The molecule has 0 aliphatic carbocycles. The van der Waals surface area contributed by atoms with Crippen molar-refractivity contribution in [2.75, 3.05) is 43.6 Å². The monoisotopic (exact) mass is 581 g/mol. The molecule has 0 spiro atoms. The first-order valence-corrected chi connectivity index (χ1v) is 13.6. The first-order chi connectivity index (χ1) is 20.1. The molecule has 0 aliphatic heterocycles. The van der Waals surface area contributed by atoms with Crippen LogP contribution in [0.5, 0.6) is 0 Å². The summed E-state index contributed by atoms with van der Waals surface area (Å²) in [5, 5.41) is 3.27. The summed E-state index contributed by atoms with van der Waals surface area (Å²) < 4.78 is 2.79. The van der Waals surface area contributed by atoms with E-state index in [2.05, 4.69) is 32.1 Å². The lowest BCUT2D eigenvalue weighted by atomic mass is 10.2. The average Bonchev–Trinajstić information content (AvgIpc) is 3.52. The number of rotatable bonds is 6. The van der Waals surface area contributed by atoms with Gasteiger partial charge >= 0.3 is 11.6 Å². The lowest BCUT2D eigenvalue weighted by Gasteiger charge is -2.15. The normalized spacial score (nSPS) is 10.9. The van der Waals surface area contributed by atoms with Crippen LogP contribution in [0.1, 0.15) is 15.2 Å². The van der Waals surface area contributed by atoms with Gasteiger partial charge in [0.25, 0.3) is 5.91 Å². The van der Waals surface area contributed by atoms with Crippen LogP contribution in [0, 0.1) is 18.8 Å². The van der Waals surface area contributed by atoms with Crippen molar-refractivity contribution in [2.24, 2.45) is 0 Å². The van der Waals surface area contributed by atoms with Gasteiger partial charge in [0.2, 0.25) is 0 Å². The SMILES string of the molecule is Cc1cnc(NC(=O)c2ccc(-n3c(=O)n(-c4cccc(N(C)C(=O)C#CCN(C)C)c4)c4ncnc(N)c43)cc2)s1. The van der Waals surface area contributed by atoms with E-state index in [4.69, 9.17) is 5.73 Å². The summed E-state index contributed by atoms with van der Waals surface area (Å²) >= 11 is 1.38. The highest BCUT2D eigenvalue weighted by Crippen LogP contribution is 2.25. The first-order valence-electron chi connectivity index (χ1n) is 12.7. The highest BCUT2D eigenvalue weighted by atomic mass is 32.1. The molecule has 212 valence electrons. The Labute approximate surface area is 245 Å². The number of aryl methyl sites for hydroxylation is 1. The second-order valence-electron chi connectivity index (χ2n) is 9.59. The topological polar surface area (TPSA) is 144 Å². The number of benzene rings is 2. The second-order valence-corrected chi connectivity index (χ2v) is 10.8. The van der Waals surface area contributed by atoms with Gasteiger partial charge in [0.05, 0.1) is 17.9 Å². The summed E-state index contributed by atoms with van der Waals surface area (Å²) in [6, 6.07) is 13.4. The molecule has 2 amide bonds. The number of carbonyl (C=O) groups excluding carboxylic acids is 2. The van der Waals surface area contributed by atoms with Gasteiger partial charge in [-0.3, -0.25) is 24.4 Å². The van der Waals surface area contributed by atoms with E-state index >= 15 is 0 Å². The molecule has 0 atom stereocenters. The zero-order valence-corrected chi connectivity index (χ0v) is 24.1. The third kappa shape index (κ3) is 5.62. The standard InChI is InChI=1S/C29H27N9O3S/c1-18-16-31-28(42-18)34-27(40)19-10-12-20(13-11-19)37-24-25(30)32-17-33-26(24)38(29(37)41)22-8-5-7-21(15-22)36(4)23(39)9-6-14-35(2)3/h5,7-8,10-13,15-17H,14H2,1-4H3,(H2,30,32,33)(H,31,34,40). The number of hydrogen-bond acceptors (Lipinski definition) is 9. The van der Waals surface area contributed by atoms with Crippen LogP contribution in [-0.2, 0) is 4.79 Å². The van der Waals surface area contributed by atoms with Crippen molar-refractivity contribution in [3.63, 3.8) is 0 Å². The van der Waals surface area contributed by atoms with Gasteiger partial charge in [0.15, 0.2) is 16.6 Å². The lowest BCUT2D eigenvalue weighted by molar-refractivity contribution is -0.113. The third-order valence-corrected chi connectivity index (χ3v) is 7.08. The fourth-order valence-corrected chi connectivity index (χ4v) is 4.84. The van der Waals surface area contributed by atoms with Gasteiger partial charge in [-0.15, -0.1) is 11.3 Å². The van der Waals surface area contributed by atoms with Crippen molar-refractivity contribution < 1.29 is 9.59 Å². The van der Waals surface area contributed by atoms with Gasteiger partial charge in [-0.1, -0.05) is 12.0 Å². The van der Waals surface area contributed by atoms with Gasteiger partial charge in [0, 0.05) is 29.4 Å². The molecule has 0 bridgehead atoms. The van der Waals surface area contributed by atoms with Crippen molar-refractivity contribution in [1.82, 2.24) is 29.0 Å². The Balaban J connectivity index is 1.52. The minimum atomic E-state index is -0.454. The number of anilines is 3. The summed E-state index contributed by atoms with van der Waals surface area (Å²) in [6.45, 7) is 2.36. The van der Waals surface area contributed by atoms with Crippen LogP contribution in [0.3, 0.4) is 0 Å². The maximum absolute atomic E-state index is 13.9. The molecule has 3 N–H and O–H groups in total. The number of nitrogens with two attached hydrogens (primary N) is 1. The van der Waals surface area contributed by atoms with E-state index in [1.165, 1.54) is 31.7 Å². The lowest BCUT2D eigenvalue weighted by Crippen LogP contribution is -2.26. The second kappa shape index (κ2) is 11.7. The van der Waals surface area contributed by atoms with E-state index in [0.29, 0.717) is 39.8 Å². The van der Waals surface area contributed by atoms with Gasteiger partial charge in [-0.05, 0) is 69.4 Å². The molecule has 0 aliphatic rings. The zero-order valence-electron chi connectivity index (χ0n) is 23.3. The molecule has 0 saturated heterocycles. The van der Waals surface area contributed by atoms with Gasteiger partial charge < -0.3 is 10.6 Å². The molecule has 2 aromatic carbocycles. The van der Waals surface area contributed by atoms with Crippen LogP contribution in [0.2, 0.25) is 0 Å². The van der Waals surface area contributed by atoms with Crippen LogP contribution in [0.25, 0.3) is 22.5 Å². The molecule has 12 nitrogen and oxygen atoms in total. The molecule has 13 heteroatoms. The summed E-state index contributed by atoms with van der Waals surface area (Å²) in [7, 11) is 5.35. The number of nitrogens with one attached hydrogen (secondary N) is 1. The molecule has 0 radical (unpaired) electrons. The number of amides is 2. The molecule has 5 rings (SSSR count). The maximum Gasteiger partial charge on any atom is 0.339 e. The highest BCUT2D eigenvalue weighted by Gasteiger charge is 2.21. The Morgan fingerprint density at radius 3 is 2.48 bits per heavy atom. The molecule has 0 fully saturated rings. The number of aromatic nitrogens is 5. The Bertz CT molecular complexity index is 1930. The van der Waals surface area contributed by atoms with Crippen LogP contribution in [0.15, 0.2) is 65.8 Å². The predicted molar refractivity (Wildman–Crippen MR) is 163 cm³/mol. The minimum absolute atomic E-state index is 0.108. The molecule has 3 heterocycles. The highest BCUT2D eigenvalue weighted by molar-refractivity contribution is 7.15. The third-order valence-electron chi connectivity index (χ3n) is 6.25. The molecular formula is C29H27N9O3S. The average molecular weight is 582 g/mol. The summed E-state index contributed by atoms with van der Waals surface area (Å²) in [5.74, 6) is 4.86. The van der Waals surface area contributed by atoms with E-state index in [1.807, 2.05) is 25.9 Å². The van der Waals surface area contributed by atoms with Crippen molar-refractivity contribution in [1.29, 1.82) is 0 Å². The maximum atomic E-state index is 13.9. The largest absolute Gasteiger partial charge is 0.382 e. The Morgan fingerprint density at radius 1 is 1.02 bits per heavy atom. The molecule has 42 heavy (non-hydrogen) atoms. The van der Waals surface area contributed by atoms with E-state index in [0.717, 1.165) is 4.88 Å². The molecule has 3 aromatic heterocycles. The smallest absolute Gasteiger partial charge is 0.339 e. The van der Waals surface area contributed by atoms with Gasteiger partial charge in [-0.25, -0.2) is 24.3 Å². The summed E-state index contributed by atoms with van der Waals surface area (Å²) in [5.41, 5.74) is 8.24. The number of carbonyl (C=O) groups is 2. The van der Waals surface area contributed by atoms with Crippen molar-refractivity contribution in [2.45, 2.75) is 6.92 Å². The molecule has 0 unspecified atom stereocenters. The van der Waals surface area contributed by atoms with Crippen LogP contribution in [0.4, 0.5) is 16.6 Å². The Morgan fingerprint density at radius 2 is 1.79 bits per heavy atom. The number of fused-ring (bicyclic) bond motifs is 1. The Hall–Kier alpha value is -5.32. The Kier molecular flexibility index (Phi) is 7.83. The van der Waals surface area contributed by atoms with E-state index < -0.39 is 5.69 Å². The van der Waals surface area contributed by atoms with E-state index in [-0.39, 0.29) is 23.3 Å². The first kappa shape index (κ1) is 28.2. The predicted octanol–water partition coefficient (Wildman–Crippen LogP) is 2.70. The summed E-state index contributed by atoms with van der Waals surface area (Å²) in [4.78, 5) is 56.2. The quantitative estimate of drug-likeness (QED) is 0.291. The van der Waals surface area contributed by atoms with Crippen molar-refractivity contribution in [3.8, 4) is 23.2 Å². The molecular weight excluding hydrogens is 554 g/mol. The van der Waals surface area contributed by atoms with Crippen LogP contribution < -0.4 is 21.6 Å². The number of imidazole rings is 1. The fourth-order valence-electron chi connectivity index (χ4n) is 4.18. The molecule has 5 aromatic rings. The minimum Gasteiger partial charge on any atom is -0.382 e. The van der Waals surface area contributed by atoms with Crippen molar-refractivity contribution in [3.05, 3.63) is 82.0 Å². The number of thiazole rings is 1. The van der Waals surface area contributed by atoms with E-state index in [9.17, 15) is 14.4 Å². The number of hydrogen-bond donors (Lipinski definition) is 2. The summed E-state index contributed by atoms with van der Waals surface area (Å²) in [6.07, 6.45) is 2.97. The van der Waals surface area contributed by atoms with E-state index in [1.54, 1.807) is 61.8 Å². The van der Waals surface area contributed by atoms with Gasteiger partial charge in [-0.2, -0.15) is 0 Å². The van der Waals surface area contributed by atoms with Crippen LogP contribution >= 0.6 is 11.3 Å². The number of nitrogen functional groups attached to an aromatic ring is 1.